The second-order valence-electron chi connectivity index (χ2n) is 3.68. The molecule has 0 atom stereocenters. The van der Waals surface area contributed by atoms with E-state index in [1.807, 2.05) is 38.2 Å². The van der Waals surface area contributed by atoms with E-state index < -0.39 is 0 Å². The predicted molar refractivity (Wildman–Crippen MR) is 70.0 cm³/mol. The number of hydrogen-bond acceptors (Lipinski definition) is 4. The van der Waals surface area contributed by atoms with E-state index in [9.17, 15) is 0 Å². The van der Waals surface area contributed by atoms with Crippen LogP contribution < -0.4 is 5.32 Å². The number of rotatable bonds is 3. The van der Waals surface area contributed by atoms with Gasteiger partial charge in [0.1, 0.15) is 0 Å². The highest BCUT2D eigenvalue weighted by Gasteiger charge is 2.06. The summed E-state index contributed by atoms with van der Waals surface area (Å²) in [6, 6.07) is 7.70. The highest BCUT2D eigenvalue weighted by Crippen LogP contribution is 2.15. The van der Waals surface area contributed by atoms with Crippen LogP contribution in [0.3, 0.4) is 0 Å². The highest BCUT2D eigenvalue weighted by molar-refractivity contribution is 6.08. The number of nitrogens with zero attached hydrogens (tertiary/aromatic N) is 2. The Morgan fingerprint density at radius 2 is 2.00 bits per heavy atom. The Morgan fingerprint density at radius 3 is 2.65 bits per heavy atom. The molecule has 1 aromatic heterocycles. The standard InChI is InChI=1S/C13H14N4/c1-9(15-2)10(7-14)13-8-16-11-5-3-4-6-12(11)17-13/h3-8,14-15H,1-2H3/b10-9+,14-7?. The Hall–Kier alpha value is -2.23. The Balaban J connectivity index is 2.60. The van der Waals surface area contributed by atoms with Crippen molar-refractivity contribution in [3.05, 3.63) is 41.9 Å². The molecule has 0 unspecified atom stereocenters. The lowest BCUT2D eigenvalue weighted by molar-refractivity contribution is 0.995. The third-order valence-electron chi connectivity index (χ3n) is 2.65. The first kappa shape index (κ1) is 11.3. The van der Waals surface area contributed by atoms with Crippen molar-refractivity contribution < 1.29 is 0 Å². The van der Waals surface area contributed by atoms with Gasteiger partial charge in [-0.15, -0.1) is 0 Å². The molecule has 0 amide bonds. The lowest BCUT2D eigenvalue weighted by Crippen LogP contribution is -2.07. The molecule has 0 aliphatic heterocycles. The van der Waals surface area contributed by atoms with Crippen LogP contribution >= 0.6 is 0 Å². The quantitative estimate of drug-likeness (QED) is 0.789. The Morgan fingerprint density at radius 1 is 1.29 bits per heavy atom. The van der Waals surface area contributed by atoms with Crippen LogP contribution in [0.5, 0.6) is 0 Å². The average Bonchev–Trinajstić information content (AvgIpc) is 2.39. The Bertz CT molecular complexity index is 587. The summed E-state index contributed by atoms with van der Waals surface area (Å²) in [7, 11) is 1.83. The SMILES string of the molecule is CN/C(C)=C(\C=N)c1cnc2ccccc2n1. The van der Waals surface area contributed by atoms with Crippen LogP contribution in [0, 0.1) is 5.41 Å². The number of hydrogen-bond donors (Lipinski definition) is 2. The van der Waals surface area contributed by atoms with Crippen LogP contribution in [0.1, 0.15) is 12.6 Å². The smallest absolute Gasteiger partial charge is 0.0925 e. The van der Waals surface area contributed by atoms with Crippen molar-refractivity contribution in [2.75, 3.05) is 7.05 Å². The minimum Gasteiger partial charge on any atom is -0.391 e. The second kappa shape index (κ2) is 4.74. The molecular weight excluding hydrogens is 212 g/mol. The van der Waals surface area contributed by atoms with E-state index >= 15 is 0 Å². The van der Waals surface area contributed by atoms with Crippen LogP contribution in [0.4, 0.5) is 0 Å². The van der Waals surface area contributed by atoms with Gasteiger partial charge in [-0.1, -0.05) is 12.1 Å². The molecule has 86 valence electrons. The van der Waals surface area contributed by atoms with Crippen molar-refractivity contribution in [1.82, 2.24) is 15.3 Å². The maximum absolute atomic E-state index is 7.45. The Labute approximate surface area is 99.9 Å². The fourth-order valence-electron chi connectivity index (χ4n) is 1.60. The molecule has 17 heavy (non-hydrogen) atoms. The molecule has 4 nitrogen and oxygen atoms in total. The lowest BCUT2D eigenvalue weighted by atomic mass is 10.1. The van der Waals surface area contributed by atoms with Gasteiger partial charge in [-0.2, -0.15) is 0 Å². The first-order valence-corrected chi connectivity index (χ1v) is 5.37. The second-order valence-corrected chi connectivity index (χ2v) is 3.68. The van der Waals surface area contributed by atoms with Crippen LogP contribution in [-0.2, 0) is 0 Å². The fourth-order valence-corrected chi connectivity index (χ4v) is 1.60. The van der Waals surface area contributed by atoms with Gasteiger partial charge >= 0.3 is 0 Å². The van der Waals surface area contributed by atoms with Gasteiger partial charge < -0.3 is 10.7 Å². The van der Waals surface area contributed by atoms with Crippen molar-refractivity contribution >= 4 is 22.8 Å². The third kappa shape index (κ3) is 2.15. The van der Waals surface area contributed by atoms with Crippen LogP contribution in [0.25, 0.3) is 16.6 Å². The Kier molecular flexibility index (Phi) is 3.14. The van der Waals surface area contributed by atoms with E-state index in [0.717, 1.165) is 22.3 Å². The van der Waals surface area contributed by atoms with Crippen molar-refractivity contribution in [3.63, 3.8) is 0 Å². The molecule has 0 saturated carbocycles. The summed E-state index contributed by atoms with van der Waals surface area (Å²) in [4.78, 5) is 8.84. The molecule has 2 rings (SSSR count). The number of allylic oxidation sites excluding steroid dienone is 2. The molecule has 0 aliphatic carbocycles. The maximum Gasteiger partial charge on any atom is 0.0925 e. The average molecular weight is 226 g/mol. The molecule has 2 aromatic rings. The topological polar surface area (TPSA) is 61.7 Å². The molecule has 0 radical (unpaired) electrons. The van der Waals surface area contributed by atoms with E-state index in [-0.39, 0.29) is 0 Å². The van der Waals surface area contributed by atoms with Crippen molar-refractivity contribution in [3.8, 4) is 0 Å². The van der Waals surface area contributed by atoms with Crippen molar-refractivity contribution in [2.45, 2.75) is 6.92 Å². The first-order chi connectivity index (χ1) is 8.26. The molecule has 2 N–H and O–H groups in total. The molecule has 0 aliphatic rings. The summed E-state index contributed by atoms with van der Waals surface area (Å²) < 4.78 is 0. The largest absolute Gasteiger partial charge is 0.391 e. The predicted octanol–water partition coefficient (Wildman–Crippen LogP) is 2.23. The monoisotopic (exact) mass is 226 g/mol. The zero-order valence-corrected chi connectivity index (χ0v) is 9.86. The number of para-hydroxylation sites is 2. The van der Waals surface area contributed by atoms with E-state index in [2.05, 4.69) is 15.3 Å². The van der Waals surface area contributed by atoms with E-state index in [4.69, 9.17) is 5.41 Å². The van der Waals surface area contributed by atoms with Crippen LogP contribution in [0.2, 0.25) is 0 Å². The van der Waals surface area contributed by atoms with E-state index in [0.29, 0.717) is 5.69 Å². The minimum atomic E-state index is 0.713. The van der Waals surface area contributed by atoms with Gasteiger partial charge in [-0.25, -0.2) is 4.98 Å². The fraction of sp³-hybridized carbons (Fsp3) is 0.154. The molecule has 0 bridgehead atoms. The van der Waals surface area contributed by atoms with Gasteiger partial charge in [0.05, 0.1) is 22.9 Å². The lowest BCUT2D eigenvalue weighted by Gasteiger charge is -2.07. The zero-order chi connectivity index (χ0) is 12.3. The molecular formula is C13H14N4. The summed E-state index contributed by atoms with van der Waals surface area (Å²) in [5.74, 6) is 0. The van der Waals surface area contributed by atoms with Crippen molar-refractivity contribution in [1.29, 1.82) is 5.41 Å². The molecule has 1 heterocycles. The highest BCUT2D eigenvalue weighted by atomic mass is 14.8. The summed E-state index contributed by atoms with van der Waals surface area (Å²) in [6.45, 7) is 1.91. The summed E-state index contributed by atoms with van der Waals surface area (Å²) in [6.07, 6.45) is 2.99. The normalized spacial score (nSPS) is 12.1. The van der Waals surface area contributed by atoms with E-state index in [1.54, 1.807) is 6.20 Å². The molecule has 0 spiro atoms. The third-order valence-corrected chi connectivity index (χ3v) is 2.65. The summed E-state index contributed by atoms with van der Waals surface area (Å²) in [5, 5.41) is 10.5. The van der Waals surface area contributed by atoms with Gasteiger partial charge in [0.25, 0.3) is 0 Å². The first-order valence-electron chi connectivity index (χ1n) is 5.37. The number of aromatic nitrogens is 2. The molecule has 4 heteroatoms. The number of fused-ring (bicyclic) bond motifs is 1. The minimum absolute atomic E-state index is 0.713. The number of benzene rings is 1. The van der Waals surface area contributed by atoms with Gasteiger partial charge in [0, 0.05) is 24.5 Å². The van der Waals surface area contributed by atoms with Gasteiger partial charge in [-0.05, 0) is 19.1 Å². The van der Waals surface area contributed by atoms with Crippen molar-refractivity contribution in [2.24, 2.45) is 0 Å². The van der Waals surface area contributed by atoms with Gasteiger partial charge in [0.2, 0.25) is 0 Å². The summed E-state index contributed by atoms with van der Waals surface area (Å²) >= 11 is 0. The van der Waals surface area contributed by atoms with E-state index in [1.165, 1.54) is 6.21 Å². The molecule has 0 saturated heterocycles. The maximum atomic E-state index is 7.45. The van der Waals surface area contributed by atoms with Crippen LogP contribution in [0.15, 0.2) is 36.2 Å². The van der Waals surface area contributed by atoms with Crippen LogP contribution in [-0.4, -0.2) is 23.2 Å². The summed E-state index contributed by atoms with van der Waals surface area (Å²) in [5.41, 5.74) is 4.08. The number of nitrogens with one attached hydrogen (secondary N) is 2. The molecule has 0 fully saturated rings. The van der Waals surface area contributed by atoms with Gasteiger partial charge in [-0.3, -0.25) is 4.98 Å². The molecule has 1 aromatic carbocycles. The zero-order valence-electron chi connectivity index (χ0n) is 9.86. The van der Waals surface area contributed by atoms with Gasteiger partial charge in [0.15, 0.2) is 0 Å².